The molecule has 2 rings (SSSR count). The quantitative estimate of drug-likeness (QED) is 0.814. The van der Waals surface area contributed by atoms with Crippen molar-refractivity contribution in [3.05, 3.63) is 29.1 Å². The van der Waals surface area contributed by atoms with E-state index in [9.17, 15) is 0 Å². The predicted octanol–water partition coefficient (Wildman–Crippen LogP) is 1.43. The molecular formula is C8H7BrN4O. The highest BCUT2D eigenvalue weighted by Gasteiger charge is 2.01. The molecule has 0 radical (unpaired) electrons. The van der Waals surface area contributed by atoms with Crippen LogP contribution in [0.25, 0.3) is 5.69 Å². The molecule has 0 aliphatic heterocycles. The van der Waals surface area contributed by atoms with Crippen LogP contribution < -0.4 is 4.74 Å². The van der Waals surface area contributed by atoms with Gasteiger partial charge in [0.15, 0.2) is 0 Å². The van der Waals surface area contributed by atoms with E-state index in [1.807, 2.05) is 6.07 Å². The minimum atomic E-state index is 0.550. The standard InChI is InChI=1S/C8H7BrN4O/c1-14-8-4-6(2-3-10-8)13-5-7(9)11-12-13/h2-5H,1H3. The van der Waals surface area contributed by atoms with Crippen molar-refractivity contribution in [2.75, 3.05) is 7.11 Å². The molecule has 2 heterocycles. The van der Waals surface area contributed by atoms with Gasteiger partial charge in [0.1, 0.15) is 4.60 Å². The summed E-state index contributed by atoms with van der Waals surface area (Å²) in [6.45, 7) is 0. The Morgan fingerprint density at radius 1 is 1.50 bits per heavy atom. The second-order valence-corrected chi connectivity index (χ2v) is 3.35. The fourth-order valence-electron chi connectivity index (χ4n) is 1.02. The number of halogens is 1. The molecule has 0 saturated heterocycles. The number of hydrogen-bond acceptors (Lipinski definition) is 4. The van der Waals surface area contributed by atoms with Crippen LogP contribution in [0.2, 0.25) is 0 Å². The van der Waals surface area contributed by atoms with Crippen molar-refractivity contribution in [1.82, 2.24) is 20.0 Å². The van der Waals surface area contributed by atoms with Crippen LogP contribution in [0.4, 0.5) is 0 Å². The second kappa shape index (κ2) is 3.75. The van der Waals surface area contributed by atoms with E-state index in [0.717, 1.165) is 5.69 Å². The minimum Gasteiger partial charge on any atom is -0.481 e. The minimum absolute atomic E-state index is 0.550. The van der Waals surface area contributed by atoms with Gasteiger partial charge in [-0.2, -0.15) is 0 Å². The van der Waals surface area contributed by atoms with E-state index < -0.39 is 0 Å². The number of pyridine rings is 1. The topological polar surface area (TPSA) is 52.8 Å². The van der Waals surface area contributed by atoms with Crippen molar-refractivity contribution in [2.45, 2.75) is 0 Å². The molecule has 0 aliphatic carbocycles. The fraction of sp³-hybridized carbons (Fsp3) is 0.125. The van der Waals surface area contributed by atoms with E-state index in [1.54, 1.807) is 30.3 Å². The first-order chi connectivity index (χ1) is 6.79. The zero-order valence-corrected chi connectivity index (χ0v) is 8.97. The molecule has 6 heteroatoms. The molecule has 72 valence electrons. The Balaban J connectivity index is 2.41. The van der Waals surface area contributed by atoms with Gasteiger partial charge in [-0.1, -0.05) is 5.21 Å². The van der Waals surface area contributed by atoms with Gasteiger partial charge in [-0.3, -0.25) is 0 Å². The SMILES string of the molecule is COc1cc(-n2cc(Br)nn2)ccn1. The summed E-state index contributed by atoms with van der Waals surface area (Å²) < 4.78 is 7.32. The van der Waals surface area contributed by atoms with Gasteiger partial charge < -0.3 is 4.74 Å². The fourth-order valence-corrected chi connectivity index (χ4v) is 1.29. The number of ether oxygens (including phenoxy) is 1. The van der Waals surface area contributed by atoms with Crippen molar-refractivity contribution >= 4 is 15.9 Å². The van der Waals surface area contributed by atoms with Crippen LogP contribution in [0.1, 0.15) is 0 Å². The molecule has 0 aliphatic rings. The summed E-state index contributed by atoms with van der Waals surface area (Å²) in [5.41, 5.74) is 0.857. The summed E-state index contributed by atoms with van der Waals surface area (Å²) in [5, 5.41) is 7.71. The van der Waals surface area contributed by atoms with Gasteiger partial charge in [-0.15, -0.1) is 5.10 Å². The molecular weight excluding hydrogens is 248 g/mol. The Morgan fingerprint density at radius 2 is 2.36 bits per heavy atom. The Bertz CT molecular complexity index is 442. The van der Waals surface area contributed by atoms with Gasteiger partial charge >= 0.3 is 0 Å². The molecule has 0 saturated carbocycles. The van der Waals surface area contributed by atoms with E-state index in [1.165, 1.54) is 0 Å². The summed E-state index contributed by atoms with van der Waals surface area (Å²) in [6, 6.07) is 3.60. The highest BCUT2D eigenvalue weighted by atomic mass is 79.9. The van der Waals surface area contributed by atoms with E-state index >= 15 is 0 Å². The average molecular weight is 255 g/mol. The Hall–Kier alpha value is -1.43. The Morgan fingerprint density at radius 3 is 3.00 bits per heavy atom. The van der Waals surface area contributed by atoms with Crippen LogP contribution in [0.3, 0.4) is 0 Å². The molecule has 5 nitrogen and oxygen atoms in total. The lowest BCUT2D eigenvalue weighted by Gasteiger charge is -2.01. The third-order valence-electron chi connectivity index (χ3n) is 1.66. The lowest BCUT2D eigenvalue weighted by Crippen LogP contribution is -1.96. The van der Waals surface area contributed by atoms with Crippen LogP contribution >= 0.6 is 15.9 Å². The van der Waals surface area contributed by atoms with Gasteiger partial charge in [0.2, 0.25) is 5.88 Å². The van der Waals surface area contributed by atoms with Gasteiger partial charge in [-0.25, -0.2) is 9.67 Å². The van der Waals surface area contributed by atoms with Crippen LogP contribution in [-0.4, -0.2) is 27.1 Å². The van der Waals surface area contributed by atoms with Crippen molar-refractivity contribution in [2.24, 2.45) is 0 Å². The van der Waals surface area contributed by atoms with Gasteiger partial charge in [0.05, 0.1) is 19.0 Å². The maximum Gasteiger partial charge on any atom is 0.215 e. The molecule has 0 atom stereocenters. The first-order valence-corrected chi connectivity index (χ1v) is 4.67. The molecule has 0 spiro atoms. The average Bonchev–Trinajstić information content (AvgIpc) is 2.65. The highest BCUT2D eigenvalue weighted by Crippen LogP contribution is 2.13. The van der Waals surface area contributed by atoms with E-state index in [0.29, 0.717) is 10.5 Å². The zero-order valence-electron chi connectivity index (χ0n) is 7.38. The largest absolute Gasteiger partial charge is 0.481 e. The van der Waals surface area contributed by atoms with Crippen LogP contribution in [0, 0.1) is 0 Å². The number of rotatable bonds is 2. The summed E-state index contributed by atoms with van der Waals surface area (Å²) in [7, 11) is 1.57. The number of aromatic nitrogens is 4. The Kier molecular flexibility index (Phi) is 2.45. The van der Waals surface area contributed by atoms with Crippen LogP contribution in [-0.2, 0) is 0 Å². The summed E-state index contributed by atoms with van der Waals surface area (Å²) >= 11 is 3.22. The summed E-state index contributed by atoms with van der Waals surface area (Å²) in [6.07, 6.45) is 3.42. The van der Waals surface area contributed by atoms with Gasteiger partial charge in [0, 0.05) is 12.3 Å². The zero-order chi connectivity index (χ0) is 9.97. The van der Waals surface area contributed by atoms with Crippen LogP contribution in [0.5, 0.6) is 5.88 Å². The Labute approximate surface area is 88.8 Å². The lowest BCUT2D eigenvalue weighted by molar-refractivity contribution is 0.397. The summed E-state index contributed by atoms with van der Waals surface area (Å²) in [4.78, 5) is 3.99. The molecule has 0 bridgehead atoms. The van der Waals surface area contributed by atoms with Gasteiger partial charge in [0.25, 0.3) is 0 Å². The van der Waals surface area contributed by atoms with Crippen molar-refractivity contribution in [3.8, 4) is 11.6 Å². The molecule has 0 aromatic carbocycles. The molecule has 14 heavy (non-hydrogen) atoms. The van der Waals surface area contributed by atoms with Gasteiger partial charge in [-0.05, 0) is 22.0 Å². The smallest absolute Gasteiger partial charge is 0.215 e. The first-order valence-electron chi connectivity index (χ1n) is 3.88. The van der Waals surface area contributed by atoms with E-state index in [-0.39, 0.29) is 0 Å². The van der Waals surface area contributed by atoms with E-state index in [4.69, 9.17) is 4.74 Å². The molecule has 2 aromatic heterocycles. The van der Waals surface area contributed by atoms with Crippen molar-refractivity contribution in [3.63, 3.8) is 0 Å². The number of nitrogens with zero attached hydrogens (tertiary/aromatic N) is 4. The highest BCUT2D eigenvalue weighted by molar-refractivity contribution is 9.10. The third-order valence-corrected chi connectivity index (χ3v) is 2.02. The molecule has 2 aromatic rings. The molecule has 0 amide bonds. The summed E-state index contributed by atoms with van der Waals surface area (Å²) in [5.74, 6) is 0.550. The van der Waals surface area contributed by atoms with Crippen molar-refractivity contribution in [1.29, 1.82) is 0 Å². The molecule has 0 fully saturated rings. The number of hydrogen-bond donors (Lipinski definition) is 0. The van der Waals surface area contributed by atoms with Crippen LogP contribution in [0.15, 0.2) is 29.1 Å². The first kappa shape index (κ1) is 9.14. The maximum absolute atomic E-state index is 5.00. The maximum atomic E-state index is 5.00. The third kappa shape index (κ3) is 1.74. The van der Waals surface area contributed by atoms with E-state index in [2.05, 4.69) is 31.2 Å². The van der Waals surface area contributed by atoms with Crippen molar-refractivity contribution < 1.29 is 4.74 Å². The molecule has 0 N–H and O–H groups in total. The molecule has 0 unspecified atom stereocenters. The lowest BCUT2D eigenvalue weighted by atomic mass is 10.4. The second-order valence-electron chi connectivity index (χ2n) is 2.54. The number of methoxy groups -OCH3 is 1. The monoisotopic (exact) mass is 254 g/mol. The predicted molar refractivity (Wildman–Crippen MR) is 53.4 cm³/mol. The normalized spacial score (nSPS) is 10.1.